The number of amides is 1. The first-order valence-electron chi connectivity index (χ1n) is 5.34. The lowest BCUT2D eigenvalue weighted by molar-refractivity contribution is -0.122. The highest BCUT2D eigenvalue weighted by Crippen LogP contribution is 1.98. The third kappa shape index (κ3) is 6.62. The van der Waals surface area contributed by atoms with Crippen molar-refractivity contribution in [2.45, 2.75) is 44.4 Å². The summed E-state index contributed by atoms with van der Waals surface area (Å²) in [5.74, 6) is -0.138. The Labute approximate surface area is 94.4 Å². The molecule has 4 nitrogen and oxygen atoms in total. The number of carbonyl (C=O) groups is 1. The zero-order chi connectivity index (χ0) is 11.8. The van der Waals surface area contributed by atoms with Crippen LogP contribution in [0.5, 0.6) is 0 Å². The van der Waals surface area contributed by atoms with Gasteiger partial charge in [0, 0.05) is 28.9 Å². The molecule has 0 spiro atoms. The average Bonchev–Trinajstić information content (AvgIpc) is 2.21. The first-order chi connectivity index (χ1) is 6.99. The van der Waals surface area contributed by atoms with Crippen LogP contribution in [0.1, 0.15) is 33.1 Å². The maximum Gasteiger partial charge on any atom is 0.236 e. The van der Waals surface area contributed by atoms with Gasteiger partial charge in [-0.05, 0) is 13.3 Å². The predicted molar refractivity (Wildman–Crippen MR) is 64.0 cm³/mol. The number of unbranched alkanes of at least 4 members (excludes halogenated alkanes) is 1. The summed E-state index contributed by atoms with van der Waals surface area (Å²) in [6, 6.07) is -0.428. The SMILES string of the molecule is CCCCC(N)C(=O)NCC(C)S(C)=O. The maximum atomic E-state index is 11.4. The molecule has 0 aromatic rings. The highest BCUT2D eigenvalue weighted by molar-refractivity contribution is 7.84. The molecule has 0 fully saturated rings. The van der Waals surface area contributed by atoms with Crippen molar-refractivity contribution in [2.24, 2.45) is 5.73 Å². The molecule has 0 aliphatic rings. The molecular formula is C10H22N2O2S. The Hall–Kier alpha value is -0.420. The van der Waals surface area contributed by atoms with E-state index in [4.69, 9.17) is 5.73 Å². The van der Waals surface area contributed by atoms with Crippen LogP contribution < -0.4 is 11.1 Å². The third-order valence-electron chi connectivity index (χ3n) is 2.34. The van der Waals surface area contributed by atoms with Crippen molar-refractivity contribution in [3.63, 3.8) is 0 Å². The van der Waals surface area contributed by atoms with Gasteiger partial charge in [0.2, 0.25) is 5.91 Å². The van der Waals surface area contributed by atoms with Gasteiger partial charge >= 0.3 is 0 Å². The zero-order valence-electron chi connectivity index (χ0n) is 9.79. The predicted octanol–water partition coefficient (Wildman–Crippen LogP) is 0.387. The Balaban J connectivity index is 3.77. The summed E-state index contributed by atoms with van der Waals surface area (Å²) in [5.41, 5.74) is 5.68. The fraction of sp³-hybridized carbons (Fsp3) is 0.900. The molecule has 0 rings (SSSR count). The molecule has 0 saturated heterocycles. The first-order valence-corrected chi connectivity index (χ1v) is 6.96. The summed E-state index contributed by atoms with van der Waals surface area (Å²) in [5, 5.41) is 2.69. The van der Waals surface area contributed by atoms with Crippen LogP contribution in [0.2, 0.25) is 0 Å². The molecule has 0 bridgehead atoms. The number of nitrogens with one attached hydrogen (secondary N) is 1. The van der Waals surface area contributed by atoms with Gasteiger partial charge in [-0.25, -0.2) is 0 Å². The van der Waals surface area contributed by atoms with Gasteiger partial charge in [-0.2, -0.15) is 0 Å². The fourth-order valence-corrected chi connectivity index (χ4v) is 1.37. The van der Waals surface area contributed by atoms with E-state index in [2.05, 4.69) is 12.2 Å². The van der Waals surface area contributed by atoms with Crippen molar-refractivity contribution in [1.29, 1.82) is 0 Å². The van der Waals surface area contributed by atoms with Crippen molar-refractivity contribution in [3.8, 4) is 0 Å². The van der Waals surface area contributed by atoms with E-state index in [0.717, 1.165) is 12.8 Å². The molecule has 15 heavy (non-hydrogen) atoms. The van der Waals surface area contributed by atoms with E-state index in [0.29, 0.717) is 13.0 Å². The second kappa shape index (κ2) is 7.82. The Bertz CT molecular complexity index is 221. The standard InChI is InChI=1S/C10H22N2O2S/c1-4-5-6-9(11)10(13)12-7-8(2)15(3)14/h8-9H,4-7,11H2,1-3H3,(H,12,13). The van der Waals surface area contributed by atoms with Crippen LogP contribution in [0.25, 0.3) is 0 Å². The van der Waals surface area contributed by atoms with Gasteiger partial charge in [-0.15, -0.1) is 0 Å². The fourth-order valence-electron chi connectivity index (χ4n) is 1.05. The van der Waals surface area contributed by atoms with Crippen LogP contribution in [0, 0.1) is 0 Å². The summed E-state index contributed by atoms with van der Waals surface area (Å²) in [4.78, 5) is 11.4. The van der Waals surface area contributed by atoms with Crippen LogP contribution in [0.15, 0.2) is 0 Å². The van der Waals surface area contributed by atoms with Crippen molar-refractivity contribution in [3.05, 3.63) is 0 Å². The lowest BCUT2D eigenvalue weighted by Gasteiger charge is -2.14. The van der Waals surface area contributed by atoms with Crippen molar-refractivity contribution in [1.82, 2.24) is 5.32 Å². The summed E-state index contributed by atoms with van der Waals surface area (Å²) in [6.07, 6.45) is 4.35. The summed E-state index contributed by atoms with van der Waals surface area (Å²) >= 11 is 0. The van der Waals surface area contributed by atoms with Gasteiger partial charge in [0.05, 0.1) is 6.04 Å². The van der Waals surface area contributed by atoms with Crippen LogP contribution in [0.4, 0.5) is 0 Å². The van der Waals surface area contributed by atoms with Crippen molar-refractivity contribution in [2.75, 3.05) is 12.8 Å². The van der Waals surface area contributed by atoms with E-state index >= 15 is 0 Å². The summed E-state index contributed by atoms with van der Waals surface area (Å²) in [7, 11) is -0.901. The van der Waals surface area contributed by atoms with Crippen LogP contribution in [-0.2, 0) is 15.6 Å². The highest BCUT2D eigenvalue weighted by Gasteiger charge is 2.14. The van der Waals surface area contributed by atoms with Crippen LogP contribution in [-0.4, -0.2) is 34.2 Å². The molecule has 90 valence electrons. The van der Waals surface area contributed by atoms with Gasteiger partial charge in [0.15, 0.2) is 0 Å². The molecule has 0 aliphatic heterocycles. The van der Waals surface area contributed by atoms with Crippen LogP contribution in [0.3, 0.4) is 0 Å². The minimum absolute atomic E-state index is 0.0210. The summed E-state index contributed by atoms with van der Waals surface area (Å²) in [6.45, 7) is 4.34. The third-order valence-corrected chi connectivity index (χ3v) is 3.64. The topological polar surface area (TPSA) is 72.2 Å². The van der Waals surface area contributed by atoms with E-state index in [-0.39, 0.29) is 11.2 Å². The Morgan fingerprint density at radius 2 is 2.13 bits per heavy atom. The van der Waals surface area contributed by atoms with E-state index in [9.17, 15) is 9.00 Å². The molecule has 0 saturated carbocycles. The largest absolute Gasteiger partial charge is 0.354 e. The minimum Gasteiger partial charge on any atom is -0.354 e. The molecule has 0 heterocycles. The molecule has 3 N–H and O–H groups in total. The lowest BCUT2D eigenvalue weighted by atomic mass is 10.1. The summed E-state index contributed by atoms with van der Waals surface area (Å²) < 4.78 is 11.0. The maximum absolute atomic E-state index is 11.4. The quantitative estimate of drug-likeness (QED) is 0.669. The monoisotopic (exact) mass is 234 g/mol. The molecule has 3 atom stereocenters. The highest BCUT2D eigenvalue weighted by atomic mass is 32.2. The molecule has 0 aromatic carbocycles. The number of hydrogen-bond acceptors (Lipinski definition) is 3. The Kier molecular flexibility index (Phi) is 7.60. The average molecular weight is 234 g/mol. The second-order valence-electron chi connectivity index (χ2n) is 3.80. The number of hydrogen-bond donors (Lipinski definition) is 2. The number of carbonyl (C=O) groups excluding carboxylic acids is 1. The van der Waals surface area contributed by atoms with E-state index in [1.807, 2.05) is 6.92 Å². The molecule has 3 unspecified atom stereocenters. The molecule has 0 aromatic heterocycles. The number of nitrogens with two attached hydrogens (primary N) is 1. The van der Waals surface area contributed by atoms with Gasteiger partial charge in [0.25, 0.3) is 0 Å². The van der Waals surface area contributed by atoms with E-state index in [1.54, 1.807) is 6.26 Å². The van der Waals surface area contributed by atoms with Crippen molar-refractivity contribution >= 4 is 16.7 Å². The van der Waals surface area contributed by atoms with Gasteiger partial charge in [0.1, 0.15) is 0 Å². The zero-order valence-corrected chi connectivity index (χ0v) is 10.6. The normalized spacial score (nSPS) is 16.8. The first kappa shape index (κ1) is 14.6. The van der Waals surface area contributed by atoms with Gasteiger partial charge in [-0.1, -0.05) is 19.8 Å². The van der Waals surface area contributed by atoms with Crippen LogP contribution >= 0.6 is 0 Å². The van der Waals surface area contributed by atoms with E-state index in [1.165, 1.54) is 0 Å². The molecule has 0 aliphatic carbocycles. The van der Waals surface area contributed by atoms with Gasteiger partial charge in [-0.3, -0.25) is 9.00 Å². The Morgan fingerprint density at radius 3 is 2.60 bits per heavy atom. The lowest BCUT2D eigenvalue weighted by Crippen LogP contribution is -2.43. The van der Waals surface area contributed by atoms with E-state index < -0.39 is 16.8 Å². The van der Waals surface area contributed by atoms with Gasteiger partial charge < -0.3 is 11.1 Å². The smallest absolute Gasteiger partial charge is 0.236 e. The molecular weight excluding hydrogens is 212 g/mol. The molecule has 0 radical (unpaired) electrons. The molecule has 1 amide bonds. The number of rotatable bonds is 7. The van der Waals surface area contributed by atoms with Crippen molar-refractivity contribution < 1.29 is 9.00 Å². The Morgan fingerprint density at radius 1 is 1.53 bits per heavy atom. The second-order valence-corrected chi connectivity index (χ2v) is 5.61. The minimum atomic E-state index is -0.901. The molecule has 5 heteroatoms.